The molecule has 96 valence electrons. The quantitative estimate of drug-likeness (QED) is 0.659. The van der Waals surface area contributed by atoms with Crippen molar-refractivity contribution >= 4 is 17.0 Å². The first-order chi connectivity index (χ1) is 8.76. The first kappa shape index (κ1) is 13.2. The fourth-order valence-electron chi connectivity index (χ4n) is 2.45. The monoisotopic (exact) mass is 260 g/mol. The number of rotatable bonds is 3. The zero-order chi connectivity index (χ0) is 13.0. The van der Waals surface area contributed by atoms with Gasteiger partial charge in [-0.25, -0.2) is 0 Å². The van der Waals surface area contributed by atoms with E-state index in [-0.39, 0.29) is 0 Å². The lowest BCUT2D eigenvalue weighted by atomic mass is 10.1. The summed E-state index contributed by atoms with van der Waals surface area (Å²) in [6.45, 7) is 2.08. The summed E-state index contributed by atoms with van der Waals surface area (Å²) in [6.07, 6.45) is 8.02. The summed E-state index contributed by atoms with van der Waals surface area (Å²) < 4.78 is 0. The zero-order valence-electron chi connectivity index (χ0n) is 11.0. The van der Waals surface area contributed by atoms with Crippen molar-refractivity contribution < 1.29 is 0 Å². The summed E-state index contributed by atoms with van der Waals surface area (Å²) >= 11 is 1.79. The van der Waals surface area contributed by atoms with Crippen molar-refractivity contribution in [3.8, 4) is 6.07 Å². The van der Waals surface area contributed by atoms with E-state index in [0.717, 1.165) is 23.3 Å². The average Bonchev–Trinajstić information content (AvgIpc) is 2.66. The van der Waals surface area contributed by atoms with Crippen LogP contribution in [0.5, 0.6) is 0 Å². The van der Waals surface area contributed by atoms with Crippen LogP contribution in [0.1, 0.15) is 54.3 Å². The Bertz CT molecular complexity index is 468. The molecule has 1 aromatic rings. The van der Waals surface area contributed by atoms with E-state index in [1.807, 2.05) is 0 Å². The van der Waals surface area contributed by atoms with Gasteiger partial charge in [-0.15, -0.1) is 11.3 Å². The smallest absolute Gasteiger partial charge is 0.0969 e. The highest BCUT2D eigenvalue weighted by Crippen LogP contribution is 2.32. The topological polar surface area (TPSA) is 49.8 Å². The Kier molecular flexibility index (Phi) is 4.43. The Morgan fingerprint density at radius 3 is 2.89 bits per heavy atom. The molecule has 0 spiro atoms. The van der Waals surface area contributed by atoms with Gasteiger partial charge < -0.3 is 5.73 Å². The van der Waals surface area contributed by atoms with Gasteiger partial charge in [-0.2, -0.15) is 5.26 Å². The third kappa shape index (κ3) is 2.76. The summed E-state index contributed by atoms with van der Waals surface area (Å²) in [5.74, 6) is 0. The fraction of sp³-hybridized carbons (Fsp3) is 0.533. The van der Waals surface area contributed by atoms with Crippen LogP contribution in [0.2, 0.25) is 0 Å². The van der Waals surface area contributed by atoms with Gasteiger partial charge in [0, 0.05) is 4.88 Å². The van der Waals surface area contributed by atoms with Gasteiger partial charge >= 0.3 is 0 Å². The van der Waals surface area contributed by atoms with Gasteiger partial charge in [-0.1, -0.05) is 19.8 Å². The fourth-order valence-corrected chi connectivity index (χ4v) is 3.69. The Morgan fingerprint density at radius 2 is 2.17 bits per heavy atom. The number of nitrogens with zero attached hydrogens (tertiary/aromatic N) is 1. The molecular weight excluding hydrogens is 240 g/mol. The summed E-state index contributed by atoms with van der Waals surface area (Å²) in [4.78, 5) is 2.59. The Hall–Kier alpha value is -1.27. The molecule has 2 nitrogen and oxygen atoms in total. The van der Waals surface area contributed by atoms with Crippen molar-refractivity contribution in [2.75, 3.05) is 0 Å². The maximum atomic E-state index is 9.15. The van der Waals surface area contributed by atoms with Crippen LogP contribution in [0.25, 0.3) is 5.70 Å². The number of nitrogens with two attached hydrogens (primary N) is 1. The molecule has 2 rings (SSSR count). The van der Waals surface area contributed by atoms with Crippen LogP contribution < -0.4 is 5.73 Å². The third-order valence-electron chi connectivity index (χ3n) is 3.47. The Labute approximate surface area is 113 Å². The van der Waals surface area contributed by atoms with E-state index in [9.17, 15) is 0 Å². The molecule has 0 saturated heterocycles. The van der Waals surface area contributed by atoms with E-state index in [1.165, 1.54) is 42.5 Å². The van der Waals surface area contributed by atoms with Gasteiger partial charge in [0.15, 0.2) is 0 Å². The minimum atomic E-state index is 0.706. The number of hydrogen-bond acceptors (Lipinski definition) is 3. The molecule has 1 heterocycles. The van der Waals surface area contributed by atoms with Crippen LogP contribution in [-0.4, -0.2) is 0 Å². The summed E-state index contributed by atoms with van der Waals surface area (Å²) in [7, 11) is 0. The van der Waals surface area contributed by atoms with Gasteiger partial charge in [-0.3, -0.25) is 0 Å². The average molecular weight is 260 g/mol. The maximum absolute atomic E-state index is 9.15. The maximum Gasteiger partial charge on any atom is 0.0969 e. The number of allylic oxidation sites excluding steroid dienone is 1. The molecule has 1 aromatic heterocycles. The third-order valence-corrected chi connectivity index (χ3v) is 4.74. The van der Waals surface area contributed by atoms with Crippen molar-refractivity contribution in [1.82, 2.24) is 0 Å². The van der Waals surface area contributed by atoms with E-state index in [2.05, 4.69) is 19.1 Å². The molecule has 0 aromatic carbocycles. The van der Waals surface area contributed by atoms with Crippen molar-refractivity contribution in [3.63, 3.8) is 0 Å². The number of fused-ring (bicyclic) bond motifs is 1. The normalized spacial score (nSPS) is 16.4. The standard InChI is InChI=1S/C15H20N2S/c1-2-6-12(10-16)15(17)14-9-11-7-4-3-5-8-13(11)18-14/h9H,2-8,17H2,1H3. The lowest BCUT2D eigenvalue weighted by molar-refractivity contribution is 0.712. The van der Waals surface area contributed by atoms with Crippen LogP contribution in [0.15, 0.2) is 11.6 Å². The molecule has 18 heavy (non-hydrogen) atoms. The molecule has 0 aliphatic heterocycles. The van der Waals surface area contributed by atoms with Crippen molar-refractivity contribution in [2.45, 2.75) is 51.9 Å². The molecule has 0 radical (unpaired) electrons. The lowest BCUT2D eigenvalue weighted by Gasteiger charge is -2.02. The first-order valence-electron chi connectivity index (χ1n) is 6.77. The van der Waals surface area contributed by atoms with E-state index < -0.39 is 0 Å². The van der Waals surface area contributed by atoms with Crippen LogP contribution in [0.4, 0.5) is 0 Å². The minimum Gasteiger partial charge on any atom is -0.397 e. The molecule has 0 bridgehead atoms. The number of aryl methyl sites for hydroxylation is 2. The van der Waals surface area contributed by atoms with Crippen molar-refractivity contribution in [2.24, 2.45) is 5.73 Å². The second-order valence-corrected chi connectivity index (χ2v) is 6.01. The largest absolute Gasteiger partial charge is 0.397 e. The lowest BCUT2D eigenvalue weighted by Crippen LogP contribution is -1.99. The molecular formula is C15H20N2S. The van der Waals surface area contributed by atoms with Crippen LogP contribution in [0, 0.1) is 11.3 Å². The summed E-state index contributed by atoms with van der Waals surface area (Å²) in [6, 6.07) is 4.47. The highest BCUT2D eigenvalue weighted by atomic mass is 32.1. The summed E-state index contributed by atoms with van der Waals surface area (Å²) in [5.41, 5.74) is 9.07. The SMILES string of the molecule is CCCC(C#N)=C(N)c1cc2c(s1)CCCCC2. The molecule has 2 N–H and O–H groups in total. The molecule has 1 aliphatic carbocycles. The molecule has 0 amide bonds. The predicted octanol–water partition coefficient (Wildman–Crippen LogP) is 4.01. The van der Waals surface area contributed by atoms with Crippen molar-refractivity contribution in [1.29, 1.82) is 5.26 Å². The molecule has 0 saturated carbocycles. The Balaban J connectivity index is 2.32. The van der Waals surface area contributed by atoms with Gasteiger partial charge in [-0.05, 0) is 43.7 Å². The molecule has 0 atom stereocenters. The minimum absolute atomic E-state index is 0.706. The van der Waals surface area contributed by atoms with Gasteiger partial charge in [0.2, 0.25) is 0 Å². The van der Waals surface area contributed by atoms with Crippen LogP contribution in [0.3, 0.4) is 0 Å². The predicted molar refractivity (Wildman–Crippen MR) is 77.2 cm³/mol. The van der Waals surface area contributed by atoms with E-state index in [0.29, 0.717) is 5.70 Å². The van der Waals surface area contributed by atoms with E-state index in [1.54, 1.807) is 11.3 Å². The van der Waals surface area contributed by atoms with Gasteiger partial charge in [0.05, 0.1) is 22.2 Å². The number of nitriles is 1. The van der Waals surface area contributed by atoms with Gasteiger partial charge in [0.1, 0.15) is 0 Å². The highest BCUT2D eigenvalue weighted by Gasteiger charge is 2.15. The molecule has 3 heteroatoms. The molecule has 0 unspecified atom stereocenters. The van der Waals surface area contributed by atoms with Crippen LogP contribution in [-0.2, 0) is 12.8 Å². The van der Waals surface area contributed by atoms with E-state index >= 15 is 0 Å². The summed E-state index contributed by atoms with van der Waals surface area (Å²) in [5, 5.41) is 9.15. The number of thiophene rings is 1. The van der Waals surface area contributed by atoms with E-state index in [4.69, 9.17) is 11.0 Å². The highest BCUT2D eigenvalue weighted by molar-refractivity contribution is 7.13. The first-order valence-corrected chi connectivity index (χ1v) is 7.58. The Morgan fingerprint density at radius 1 is 1.39 bits per heavy atom. The van der Waals surface area contributed by atoms with Crippen molar-refractivity contribution in [3.05, 3.63) is 27.0 Å². The number of hydrogen-bond donors (Lipinski definition) is 1. The molecule has 0 fully saturated rings. The van der Waals surface area contributed by atoms with Gasteiger partial charge in [0.25, 0.3) is 0 Å². The van der Waals surface area contributed by atoms with Crippen LogP contribution >= 0.6 is 11.3 Å². The molecule has 1 aliphatic rings. The second kappa shape index (κ2) is 6.06. The zero-order valence-corrected chi connectivity index (χ0v) is 11.8. The second-order valence-electron chi connectivity index (χ2n) is 4.87.